The highest BCUT2D eigenvalue weighted by atomic mass is 16.6. The van der Waals surface area contributed by atoms with E-state index < -0.39 is 5.60 Å². The van der Waals surface area contributed by atoms with Gasteiger partial charge in [-0.05, 0) is 71.1 Å². The van der Waals surface area contributed by atoms with Gasteiger partial charge in [0.15, 0.2) is 0 Å². The van der Waals surface area contributed by atoms with E-state index >= 15 is 0 Å². The molecule has 3 aliphatic rings. The van der Waals surface area contributed by atoms with Crippen molar-refractivity contribution in [3.05, 3.63) is 47.9 Å². The summed E-state index contributed by atoms with van der Waals surface area (Å²) in [5, 5.41) is 11.9. The molecule has 0 radical (unpaired) electrons. The molecule has 1 amide bonds. The van der Waals surface area contributed by atoms with Crippen LogP contribution in [-0.4, -0.2) is 94.9 Å². The normalized spacial score (nSPS) is 20.8. The fourth-order valence-electron chi connectivity index (χ4n) is 6.54. The molecule has 5 heterocycles. The van der Waals surface area contributed by atoms with Crippen LogP contribution >= 0.6 is 0 Å². The Hall–Kier alpha value is -4.17. The second-order valence-electron chi connectivity index (χ2n) is 13.0. The average molecular weight is 599 g/mol. The Bertz CT molecular complexity index is 1550. The first-order chi connectivity index (χ1) is 21.2. The van der Waals surface area contributed by atoms with Gasteiger partial charge < -0.3 is 29.1 Å². The number of carbonyl (C=O) groups excluding carboxylic acids is 1. The number of nitrogens with zero attached hydrogens (tertiary/aromatic N) is 8. The van der Waals surface area contributed by atoms with E-state index in [2.05, 4.69) is 51.0 Å². The van der Waals surface area contributed by atoms with Gasteiger partial charge in [-0.3, -0.25) is 4.98 Å². The monoisotopic (exact) mass is 598 g/mol. The molecular formula is C33H42N8O3. The number of hydrogen-bond donors (Lipinski definition) is 0. The van der Waals surface area contributed by atoms with E-state index in [1.165, 1.54) is 0 Å². The van der Waals surface area contributed by atoms with Gasteiger partial charge in [0.25, 0.3) is 0 Å². The molecule has 2 fully saturated rings. The summed E-state index contributed by atoms with van der Waals surface area (Å²) in [5.41, 5.74) is 2.58. The zero-order valence-corrected chi connectivity index (χ0v) is 26.2. The predicted octanol–water partition coefficient (Wildman–Crippen LogP) is 4.40. The number of benzene rings is 1. The molecule has 0 saturated carbocycles. The van der Waals surface area contributed by atoms with Gasteiger partial charge in [0.1, 0.15) is 18.0 Å². The van der Waals surface area contributed by atoms with Crippen molar-refractivity contribution in [3.8, 4) is 12.1 Å². The van der Waals surface area contributed by atoms with Crippen LogP contribution in [0.15, 0.2) is 36.7 Å². The van der Waals surface area contributed by atoms with E-state index in [1.807, 2.05) is 39.2 Å². The standard InChI is InChI=1S/C33H42N8O3/c1-33(2,3)44-32(42)41-18-17-40(20-24(41)10-13-34)30-26-12-16-39(29-9-5-7-23-11-14-35-19-27(23)29)21-28(26)36-31(37-30)43-22-25-8-6-15-38(25)4/h5,7,9,11,14,19,24-25H,6,8,10,12,15-18,20-22H2,1-4H3/t24?,25-/m0/s1. The average Bonchev–Trinajstić information content (AvgIpc) is 3.42. The van der Waals surface area contributed by atoms with Gasteiger partial charge in [0, 0.05) is 61.3 Å². The molecule has 2 saturated heterocycles. The molecule has 1 aromatic carbocycles. The first-order valence-electron chi connectivity index (χ1n) is 15.6. The van der Waals surface area contributed by atoms with Crippen LogP contribution in [0.5, 0.6) is 6.01 Å². The lowest BCUT2D eigenvalue weighted by atomic mass is 10.0. The molecule has 0 N–H and O–H groups in total. The molecule has 1 unspecified atom stereocenters. The van der Waals surface area contributed by atoms with E-state index in [9.17, 15) is 10.1 Å². The number of anilines is 2. The van der Waals surface area contributed by atoms with Crippen LogP contribution in [0.3, 0.4) is 0 Å². The third-order valence-corrected chi connectivity index (χ3v) is 8.84. The van der Waals surface area contributed by atoms with Gasteiger partial charge in [0.2, 0.25) is 0 Å². The summed E-state index contributed by atoms with van der Waals surface area (Å²) in [6.45, 7) is 10.1. The number of carbonyl (C=O) groups is 1. The summed E-state index contributed by atoms with van der Waals surface area (Å²) in [7, 11) is 2.14. The lowest BCUT2D eigenvalue weighted by molar-refractivity contribution is 0.0144. The zero-order valence-electron chi connectivity index (χ0n) is 26.2. The number of pyridine rings is 1. The molecule has 0 spiro atoms. The first-order valence-corrected chi connectivity index (χ1v) is 15.6. The molecule has 0 bridgehead atoms. The van der Waals surface area contributed by atoms with Gasteiger partial charge >= 0.3 is 12.1 Å². The molecule has 2 atom stereocenters. The largest absolute Gasteiger partial charge is 0.462 e. The van der Waals surface area contributed by atoms with Crippen LogP contribution in [0.25, 0.3) is 10.8 Å². The molecule has 3 aromatic rings. The fourth-order valence-corrected chi connectivity index (χ4v) is 6.54. The number of ether oxygens (including phenoxy) is 2. The van der Waals surface area contributed by atoms with Crippen molar-refractivity contribution in [1.29, 1.82) is 5.26 Å². The van der Waals surface area contributed by atoms with Gasteiger partial charge in [-0.25, -0.2) is 4.79 Å². The summed E-state index contributed by atoms with van der Waals surface area (Å²) < 4.78 is 12.0. The highest BCUT2D eigenvalue weighted by Gasteiger charge is 2.36. The molecule has 11 heteroatoms. The Morgan fingerprint density at radius 1 is 1.09 bits per heavy atom. The van der Waals surface area contributed by atoms with E-state index in [0.29, 0.717) is 44.8 Å². The third-order valence-electron chi connectivity index (χ3n) is 8.84. The minimum Gasteiger partial charge on any atom is -0.462 e. The summed E-state index contributed by atoms with van der Waals surface area (Å²) in [6.07, 6.45) is 6.61. The minimum atomic E-state index is -0.608. The Morgan fingerprint density at radius 2 is 1.95 bits per heavy atom. The Kier molecular flexibility index (Phi) is 8.45. The van der Waals surface area contributed by atoms with Gasteiger partial charge in [-0.15, -0.1) is 0 Å². The van der Waals surface area contributed by atoms with Crippen LogP contribution in [0.2, 0.25) is 0 Å². The fraction of sp³-hybridized carbons (Fsp3) is 0.545. The van der Waals surface area contributed by atoms with Gasteiger partial charge in [-0.1, -0.05) is 12.1 Å². The summed E-state index contributed by atoms with van der Waals surface area (Å²) >= 11 is 0. The summed E-state index contributed by atoms with van der Waals surface area (Å²) in [4.78, 5) is 36.0. The van der Waals surface area contributed by atoms with Gasteiger partial charge in [-0.2, -0.15) is 15.2 Å². The van der Waals surface area contributed by atoms with E-state index in [-0.39, 0.29) is 18.6 Å². The first kappa shape index (κ1) is 29.9. The molecule has 232 valence electrons. The van der Waals surface area contributed by atoms with Crippen molar-refractivity contribution >= 4 is 28.4 Å². The van der Waals surface area contributed by atoms with Crippen molar-refractivity contribution in [2.75, 3.05) is 56.2 Å². The Morgan fingerprint density at radius 3 is 2.73 bits per heavy atom. The molecule has 6 rings (SSSR count). The number of likely N-dealkylation sites (N-methyl/N-ethyl adjacent to an activating group) is 1. The van der Waals surface area contributed by atoms with Crippen molar-refractivity contribution in [2.24, 2.45) is 0 Å². The summed E-state index contributed by atoms with van der Waals surface area (Å²) in [5.74, 6) is 0.843. The maximum atomic E-state index is 13.0. The molecule has 0 aliphatic carbocycles. The second kappa shape index (κ2) is 12.4. The quantitative estimate of drug-likeness (QED) is 0.405. The summed E-state index contributed by atoms with van der Waals surface area (Å²) in [6, 6.07) is 11.1. The van der Waals surface area contributed by atoms with E-state index in [1.54, 1.807) is 4.90 Å². The van der Waals surface area contributed by atoms with Crippen molar-refractivity contribution in [2.45, 2.75) is 70.7 Å². The van der Waals surface area contributed by atoms with E-state index in [4.69, 9.17) is 19.4 Å². The van der Waals surface area contributed by atoms with Crippen molar-refractivity contribution in [1.82, 2.24) is 24.8 Å². The zero-order chi connectivity index (χ0) is 30.8. The lowest BCUT2D eigenvalue weighted by Crippen LogP contribution is -2.56. The molecule has 11 nitrogen and oxygen atoms in total. The molecular weight excluding hydrogens is 556 g/mol. The van der Waals surface area contributed by atoms with E-state index in [0.717, 1.165) is 65.9 Å². The topological polar surface area (TPSA) is 111 Å². The highest BCUT2D eigenvalue weighted by molar-refractivity contribution is 5.93. The van der Waals surface area contributed by atoms with Crippen molar-refractivity contribution < 1.29 is 14.3 Å². The number of rotatable bonds is 6. The number of likely N-dealkylation sites (tertiary alicyclic amines) is 1. The number of nitriles is 1. The highest BCUT2D eigenvalue weighted by Crippen LogP contribution is 2.35. The number of piperazine rings is 1. The van der Waals surface area contributed by atoms with Gasteiger partial charge in [0.05, 0.1) is 30.8 Å². The van der Waals surface area contributed by atoms with Crippen LogP contribution < -0.4 is 14.5 Å². The number of hydrogen-bond acceptors (Lipinski definition) is 10. The number of amides is 1. The second-order valence-corrected chi connectivity index (χ2v) is 13.0. The maximum absolute atomic E-state index is 13.0. The van der Waals surface area contributed by atoms with Crippen LogP contribution in [0, 0.1) is 11.3 Å². The molecule has 3 aliphatic heterocycles. The van der Waals surface area contributed by atoms with Crippen molar-refractivity contribution in [3.63, 3.8) is 0 Å². The molecule has 44 heavy (non-hydrogen) atoms. The lowest BCUT2D eigenvalue weighted by Gasteiger charge is -2.42. The van der Waals surface area contributed by atoms with Crippen LogP contribution in [-0.2, 0) is 17.7 Å². The molecule has 2 aromatic heterocycles. The van der Waals surface area contributed by atoms with Crippen LogP contribution in [0.4, 0.5) is 16.3 Å². The number of aromatic nitrogens is 3. The third kappa shape index (κ3) is 6.36. The Labute approximate surface area is 259 Å². The maximum Gasteiger partial charge on any atom is 0.410 e. The smallest absolute Gasteiger partial charge is 0.410 e. The number of fused-ring (bicyclic) bond motifs is 2. The predicted molar refractivity (Wildman–Crippen MR) is 169 cm³/mol. The minimum absolute atomic E-state index is 0.212. The van der Waals surface area contributed by atoms with Crippen LogP contribution in [0.1, 0.15) is 51.3 Å². The Balaban J connectivity index is 1.30. The SMILES string of the molecule is CN1CCC[C@H]1COc1nc2c(c(N3CCN(C(=O)OC(C)(C)C)C(CC#N)C3)n1)CCN(c1cccc3ccncc13)C2.